The molecule has 2 aromatic heterocycles. The fourth-order valence-electron chi connectivity index (χ4n) is 3.28. The van der Waals surface area contributed by atoms with E-state index >= 15 is 0 Å². The lowest BCUT2D eigenvalue weighted by Crippen LogP contribution is -2.24. The molecule has 0 spiro atoms. The molecule has 1 atom stereocenters. The molecule has 4 rings (SSSR count). The van der Waals surface area contributed by atoms with Gasteiger partial charge < -0.3 is 10.2 Å². The molecule has 146 valence electrons. The van der Waals surface area contributed by atoms with Crippen LogP contribution in [0.1, 0.15) is 19.9 Å². The van der Waals surface area contributed by atoms with Crippen molar-refractivity contribution in [3.63, 3.8) is 0 Å². The van der Waals surface area contributed by atoms with E-state index in [9.17, 15) is 15.0 Å². The van der Waals surface area contributed by atoms with Crippen molar-refractivity contribution < 1.29 is 15.0 Å². The third kappa shape index (κ3) is 3.52. The molecule has 0 saturated carbocycles. The summed E-state index contributed by atoms with van der Waals surface area (Å²) in [6.07, 6.45) is 1.64. The Balaban J connectivity index is 1.74. The first kappa shape index (κ1) is 18.5. The fraction of sp³-hybridized carbons (Fsp3) is 0.190. The van der Waals surface area contributed by atoms with E-state index in [-0.39, 0.29) is 11.7 Å². The van der Waals surface area contributed by atoms with E-state index in [1.165, 1.54) is 4.68 Å². The Morgan fingerprint density at radius 3 is 2.52 bits per heavy atom. The number of para-hydroxylation sites is 1. The number of carboxylic acid groups (broad SMARTS) is 1. The topological polar surface area (TPSA) is 114 Å². The van der Waals surface area contributed by atoms with Crippen molar-refractivity contribution in [2.75, 3.05) is 0 Å². The summed E-state index contributed by atoms with van der Waals surface area (Å²) in [5, 5.41) is 37.0. The number of carboxylic acids is 1. The van der Waals surface area contributed by atoms with Crippen molar-refractivity contribution in [1.82, 2.24) is 25.2 Å². The van der Waals surface area contributed by atoms with Gasteiger partial charge in [-0.2, -0.15) is 0 Å². The van der Waals surface area contributed by atoms with Crippen LogP contribution in [0.15, 0.2) is 54.7 Å². The number of nitrogens with zero attached hydrogens (tertiary/aromatic N) is 5. The number of phenolic OH excluding ortho intramolecular Hbond substituents is 1. The standard InChI is InChI=1S/C21H19N5O3/c1-12(2)20(21(28)29)26-11-18(24-25-26)13-7-8-16-14(9-13)10-17(23-22-16)15-5-3-4-6-19(15)27/h3-12,20,27H,1-2H3,(H,28,29)/t20-/m0/s1. The van der Waals surface area contributed by atoms with Crippen LogP contribution < -0.4 is 0 Å². The first-order valence-electron chi connectivity index (χ1n) is 9.15. The molecule has 2 N–H and O–H groups in total. The number of hydrogen-bond donors (Lipinski definition) is 2. The highest BCUT2D eigenvalue weighted by molar-refractivity contribution is 5.86. The van der Waals surface area contributed by atoms with Crippen molar-refractivity contribution in [2.45, 2.75) is 19.9 Å². The molecule has 2 heterocycles. The van der Waals surface area contributed by atoms with Gasteiger partial charge in [0.1, 0.15) is 11.4 Å². The van der Waals surface area contributed by atoms with E-state index in [1.54, 1.807) is 24.4 Å². The van der Waals surface area contributed by atoms with Crippen LogP contribution in [0.3, 0.4) is 0 Å². The summed E-state index contributed by atoms with van der Waals surface area (Å²) in [5.74, 6) is -0.943. The van der Waals surface area contributed by atoms with Crippen molar-refractivity contribution in [1.29, 1.82) is 0 Å². The average molecular weight is 389 g/mol. The Bertz CT molecular complexity index is 1200. The Labute approximate surface area is 166 Å². The van der Waals surface area contributed by atoms with Gasteiger partial charge in [0.05, 0.1) is 17.4 Å². The highest BCUT2D eigenvalue weighted by Gasteiger charge is 2.25. The van der Waals surface area contributed by atoms with Crippen LogP contribution in [0.2, 0.25) is 0 Å². The summed E-state index contributed by atoms with van der Waals surface area (Å²) in [5.41, 5.74) is 3.21. The van der Waals surface area contributed by atoms with Gasteiger partial charge in [-0.1, -0.05) is 37.3 Å². The van der Waals surface area contributed by atoms with Gasteiger partial charge in [0.25, 0.3) is 0 Å². The van der Waals surface area contributed by atoms with Crippen LogP contribution in [0.4, 0.5) is 0 Å². The molecule has 0 fully saturated rings. The lowest BCUT2D eigenvalue weighted by Gasteiger charge is -2.15. The highest BCUT2D eigenvalue weighted by atomic mass is 16.4. The number of fused-ring (bicyclic) bond motifs is 1. The van der Waals surface area contributed by atoms with Crippen LogP contribution in [-0.2, 0) is 4.79 Å². The summed E-state index contributed by atoms with van der Waals surface area (Å²) in [4.78, 5) is 11.5. The summed E-state index contributed by atoms with van der Waals surface area (Å²) in [7, 11) is 0. The summed E-state index contributed by atoms with van der Waals surface area (Å²) < 4.78 is 1.38. The Morgan fingerprint density at radius 2 is 1.79 bits per heavy atom. The maximum absolute atomic E-state index is 11.5. The quantitative estimate of drug-likeness (QED) is 0.536. The average Bonchev–Trinajstić information content (AvgIpc) is 3.16. The molecule has 0 aliphatic carbocycles. The van der Waals surface area contributed by atoms with E-state index in [0.29, 0.717) is 22.5 Å². The summed E-state index contributed by atoms with van der Waals surface area (Å²) in [6.45, 7) is 3.66. The Kier molecular flexibility index (Phi) is 4.67. The van der Waals surface area contributed by atoms with Crippen molar-refractivity contribution in [3.05, 3.63) is 54.7 Å². The van der Waals surface area contributed by atoms with Crippen molar-refractivity contribution in [3.8, 4) is 28.3 Å². The first-order valence-corrected chi connectivity index (χ1v) is 9.15. The minimum absolute atomic E-state index is 0.130. The van der Waals surface area contributed by atoms with Crippen LogP contribution in [-0.4, -0.2) is 41.4 Å². The minimum Gasteiger partial charge on any atom is -0.507 e. The highest BCUT2D eigenvalue weighted by Crippen LogP contribution is 2.30. The molecule has 0 radical (unpaired) electrons. The molecule has 0 aliphatic rings. The normalized spacial score (nSPS) is 12.4. The summed E-state index contributed by atoms with van der Waals surface area (Å²) >= 11 is 0. The van der Waals surface area contributed by atoms with Gasteiger partial charge in [0, 0.05) is 16.5 Å². The zero-order chi connectivity index (χ0) is 20.5. The smallest absolute Gasteiger partial charge is 0.328 e. The Morgan fingerprint density at radius 1 is 1.00 bits per heavy atom. The summed E-state index contributed by atoms with van der Waals surface area (Å²) in [6, 6.07) is 13.6. The third-order valence-electron chi connectivity index (χ3n) is 4.74. The molecule has 0 unspecified atom stereocenters. The number of carbonyl (C=O) groups is 1. The maximum atomic E-state index is 11.5. The number of rotatable bonds is 5. The molecule has 29 heavy (non-hydrogen) atoms. The minimum atomic E-state index is -0.947. The monoisotopic (exact) mass is 389 g/mol. The van der Waals surface area contributed by atoms with Crippen molar-refractivity contribution in [2.24, 2.45) is 5.92 Å². The van der Waals surface area contributed by atoms with Crippen LogP contribution in [0, 0.1) is 5.92 Å². The maximum Gasteiger partial charge on any atom is 0.328 e. The van der Waals surface area contributed by atoms with Gasteiger partial charge in [0.2, 0.25) is 0 Å². The second kappa shape index (κ2) is 7.31. The number of phenols is 1. The van der Waals surface area contributed by atoms with E-state index in [2.05, 4.69) is 20.5 Å². The number of benzene rings is 2. The van der Waals surface area contributed by atoms with Gasteiger partial charge in [-0.25, -0.2) is 9.48 Å². The third-order valence-corrected chi connectivity index (χ3v) is 4.74. The van der Waals surface area contributed by atoms with Crippen LogP contribution in [0.25, 0.3) is 33.4 Å². The van der Waals surface area contributed by atoms with Gasteiger partial charge in [-0.15, -0.1) is 15.3 Å². The molecule has 2 aromatic carbocycles. The molecule has 0 bridgehead atoms. The fourth-order valence-corrected chi connectivity index (χ4v) is 3.28. The number of aromatic nitrogens is 5. The second-order valence-electron chi connectivity index (χ2n) is 7.13. The van der Waals surface area contributed by atoms with Gasteiger partial charge in [-0.05, 0) is 36.2 Å². The molecule has 4 aromatic rings. The van der Waals surface area contributed by atoms with E-state index in [4.69, 9.17) is 0 Å². The van der Waals surface area contributed by atoms with Crippen LogP contribution in [0.5, 0.6) is 5.75 Å². The molecule has 0 amide bonds. The van der Waals surface area contributed by atoms with Gasteiger partial charge in [-0.3, -0.25) is 0 Å². The lowest BCUT2D eigenvalue weighted by atomic mass is 10.0. The van der Waals surface area contributed by atoms with E-state index in [1.807, 2.05) is 44.2 Å². The molecular weight excluding hydrogens is 370 g/mol. The first-order chi connectivity index (χ1) is 13.9. The molecular formula is C21H19N5O3. The lowest BCUT2D eigenvalue weighted by molar-refractivity contribution is -0.142. The number of aromatic hydroxyl groups is 1. The van der Waals surface area contributed by atoms with Gasteiger partial charge in [0.15, 0.2) is 6.04 Å². The molecule has 0 aliphatic heterocycles. The van der Waals surface area contributed by atoms with E-state index in [0.717, 1.165) is 10.9 Å². The van der Waals surface area contributed by atoms with Crippen LogP contribution >= 0.6 is 0 Å². The number of hydrogen-bond acceptors (Lipinski definition) is 6. The predicted octanol–water partition coefficient (Wildman–Crippen LogP) is 3.54. The largest absolute Gasteiger partial charge is 0.507 e. The zero-order valence-corrected chi connectivity index (χ0v) is 15.9. The SMILES string of the molecule is CC(C)[C@@H](C(=O)O)n1cc(-c2ccc3nnc(-c4ccccc4O)cc3c2)nn1. The molecule has 8 nitrogen and oxygen atoms in total. The van der Waals surface area contributed by atoms with E-state index < -0.39 is 12.0 Å². The second-order valence-corrected chi connectivity index (χ2v) is 7.13. The Hall–Kier alpha value is -3.81. The predicted molar refractivity (Wildman–Crippen MR) is 107 cm³/mol. The van der Waals surface area contributed by atoms with Gasteiger partial charge >= 0.3 is 5.97 Å². The molecule has 0 saturated heterocycles. The van der Waals surface area contributed by atoms with Crippen molar-refractivity contribution >= 4 is 16.9 Å². The zero-order valence-electron chi connectivity index (χ0n) is 15.9. The molecule has 8 heteroatoms. The number of aliphatic carboxylic acids is 1.